The highest BCUT2D eigenvalue weighted by molar-refractivity contribution is 6.07. The summed E-state index contributed by atoms with van der Waals surface area (Å²) < 4.78 is 18.5. The summed E-state index contributed by atoms with van der Waals surface area (Å²) in [5.74, 6) is -1.21. The number of urea groups is 1. The van der Waals surface area contributed by atoms with E-state index in [0.717, 1.165) is 0 Å². The number of methoxy groups -OCH3 is 1. The summed E-state index contributed by atoms with van der Waals surface area (Å²) in [4.78, 5) is 24.0. The minimum absolute atomic E-state index is 0.0724. The Morgan fingerprint density at radius 2 is 1.62 bits per heavy atom. The highest BCUT2D eigenvalue weighted by Crippen LogP contribution is 2.22. The highest BCUT2D eigenvalue weighted by Gasteiger charge is 2.13. The molecule has 0 heterocycles. The average Bonchev–Trinajstić information content (AvgIpc) is 2.57. The monoisotopic (exact) mass is 331 g/mol. The number of carbonyl (C=O) groups is 2. The van der Waals surface area contributed by atoms with E-state index in [4.69, 9.17) is 4.74 Å². The third-order valence-electron chi connectivity index (χ3n) is 3.13. The first kappa shape index (κ1) is 17.4. The Balaban J connectivity index is 2.07. The van der Waals surface area contributed by atoms with Crippen molar-refractivity contribution in [2.24, 2.45) is 0 Å². The van der Waals surface area contributed by atoms with Crippen LogP contribution in [0.2, 0.25) is 0 Å². The van der Waals surface area contributed by atoms with Crippen LogP contribution in [0, 0.1) is 5.82 Å². The van der Waals surface area contributed by atoms with Crippen molar-refractivity contribution in [1.29, 1.82) is 0 Å². The van der Waals surface area contributed by atoms with Crippen molar-refractivity contribution in [1.82, 2.24) is 5.32 Å². The van der Waals surface area contributed by atoms with E-state index in [-0.39, 0.29) is 5.56 Å². The predicted molar refractivity (Wildman–Crippen MR) is 89.7 cm³/mol. The molecule has 0 radical (unpaired) electrons. The Bertz CT molecular complexity index is 722. The van der Waals surface area contributed by atoms with Crippen LogP contribution in [-0.2, 0) is 4.74 Å². The van der Waals surface area contributed by atoms with E-state index >= 15 is 0 Å². The van der Waals surface area contributed by atoms with E-state index in [1.54, 1.807) is 30.3 Å². The van der Waals surface area contributed by atoms with Crippen LogP contribution in [-0.4, -0.2) is 32.2 Å². The minimum atomic E-state index is -0.613. The van der Waals surface area contributed by atoms with Gasteiger partial charge in [0, 0.05) is 13.7 Å². The molecule has 3 amide bonds. The molecule has 7 heteroatoms. The molecule has 0 fully saturated rings. The van der Waals surface area contributed by atoms with E-state index < -0.39 is 17.8 Å². The first-order valence-corrected chi connectivity index (χ1v) is 7.30. The molecule has 0 atom stereocenters. The number of ether oxygens (including phenoxy) is 1. The maximum Gasteiger partial charge on any atom is 0.319 e. The third-order valence-corrected chi connectivity index (χ3v) is 3.13. The fourth-order valence-corrected chi connectivity index (χ4v) is 1.97. The molecule has 0 unspecified atom stereocenters. The normalized spacial score (nSPS) is 10.1. The summed E-state index contributed by atoms with van der Waals surface area (Å²) in [5, 5.41) is 7.83. The summed E-state index contributed by atoms with van der Waals surface area (Å²) >= 11 is 0. The third kappa shape index (κ3) is 4.79. The quantitative estimate of drug-likeness (QED) is 0.712. The maximum atomic E-state index is 13.7. The SMILES string of the molecule is COCCNC(=O)Nc1ccccc1NC(=O)c1ccccc1F. The number of benzene rings is 2. The molecule has 6 nitrogen and oxygen atoms in total. The smallest absolute Gasteiger partial charge is 0.319 e. The van der Waals surface area contributed by atoms with E-state index in [1.807, 2.05) is 0 Å². The molecule has 2 aromatic carbocycles. The van der Waals surface area contributed by atoms with E-state index in [2.05, 4.69) is 16.0 Å². The van der Waals surface area contributed by atoms with E-state index in [1.165, 1.54) is 25.3 Å². The first-order chi connectivity index (χ1) is 11.6. The van der Waals surface area contributed by atoms with Crippen molar-refractivity contribution in [3.63, 3.8) is 0 Å². The number of para-hydroxylation sites is 2. The van der Waals surface area contributed by atoms with Crippen molar-refractivity contribution in [2.45, 2.75) is 0 Å². The summed E-state index contributed by atoms with van der Waals surface area (Å²) in [7, 11) is 1.53. The summed E-state index contributed by atoms with van der Waals surface area (Å²) in [6, 6.07) is 11.9. The Kier molecular flexibility index (Phi) is 6.27. The molecule has 126 valence electrons. The Labute approximate surface area is 139 Å². The van der Waals surface area contributed by atoms with Gasteiger partial charge in [-0.15, -0.1) is 0 Å². The number of halogens is 1. The standard InChI is InChI=1S/C17H18FN3O3/c1-24-11-10-19-17(23)21-15-9-5-4-8-14(15)20-16(22)12-6-2-3-7-13(12)18/h2-9H,10-11H2,1H3,(H,20,22)(H2,19,21,23). The van der Waals surface area contributed by atoms with Gasteiger partial charge < -0.3 is 20.7 Å². The van der Waals surface area contributed by atoms with Crippen LogP contribution >= 0.6 is 0 Å². The fraction of sp³-hybridized carbons (Fsp3) is 0.176. The van der Waals surface area contributed by atoms with Crippen LogP contribution in [0.25, 0.3) is 0 Å². The second-order valence-electron chi connectivity index (χ2n) is 4.85. The molecule has 0 bridgehead atoms. The van der Waals surface area contributed by atoms with Crippen LogP contribution < -0.4 is 16.0 Å². The topological polar surface area (TPSA) is 79.5 Å². The number of anilines is 2. The van der Waals surface area contributed by atoms with Gasteiger partial charge in [-0.3, -0.25) is 4.79 Å². The van der Waals surface area contributed by atoms with Gasteiger partial charge in [-0.1, -0.05) is 24.3 Å². The van der Waals surface area contributed by atoms with Gasteiger partial charge in [0.05, 0.1) is 23.5 Å². The van der Waals surface area contributed by atoms with Gasteiger partial charge in [-0.25, -0.2) is 9.18 Å². The van der Waals surface area contributed by atoms with Gasteiger partial charge in [0.2, 0.25) is 0 Å². The second-order valence-corrected chi connectivity index (χ2v) is 4.85. The first-order valence-electron chi connectivity index (χ1n) is 7.30. The number of rotatable bonds is 6. The number of carbonyl (C=O) groups excluding carboxylic acids is 2. The van der Waals surface area contributed by atoms with Gasteiger partial charge in [-0.2, -0.15) is 0 Å². The lowest BCUT2D eigenvalue weighted by atomic mass is 10.2. The molecule has 2 rings (SSSR count). The number of amides is 3. The molecule has 0 aliphatic rings. The largest absolute Gasteiger partial charge is 0.383 e. The molecule has 2 aromatic rings. The minimum Gasteiger partial charge on any atom is -0.383 e. The fourth-order valence-electron chi connectivity index (χ4n) is 1.97. The molecular formula is C17H18FN3O3. The molecular weight excluding hydrogens is 313 g/mol. The zero-order chi connectivity index (χ0) is 17.4. The van der Waals surface area contributed by atoms with Crippen LogP contribution in [0.5, 0.6) is 0 Å². The van der Waals surface area contributed by atoms with Crippen molar-refractivity contribution >= 4 is 23.3 Å². The van der Waals surface area contributed by atoms with Crippen LogP contribution in [0.4, 0.5) is 20.6 Å². The molecule has 24 heavy (non-hydrogen) atoms. The van der Waals surface area contributed by atoms with Gasteiger partial charge in [-0.05, 0) is 24.3 Å². The van der Waals surface area contributed by atoms with Gasteiger partial charge >= 0.3 is 6.03 Å². The van der Waals surface area contributed by atoms with Crippen molar-refractivity contribution in [3.05, 3.63) is 59.9 Å². The summed E-state index contributed by atoms with van der Waals surface area (Å²) in [5.41, 5.74) is 0.696. The van der Waals surface area contributed by atoms with Crippen LogP contribution in [0.1, 0.15) is 10.4 Å². The molecule has 0 spiro atoms. The summed E-state index contributed by atoms with van der Waals surface area (Å²) in [6.07, 6.45) is 0. The second kappa shape index (κ2) is 8.64. The van der Waals surface area contributed by atoms with Gasteiger partial charge in [0.1, 0.15) is 5.82 Å². The number of hydrogen-bond donors (Lipinski definition) is 3. The van der Waals surface area contributed by atoms with Crippen molar-refractivity contribution in [2.75, 3.05) is 30.9 Å². The van der Waals surface area contributed by atoms with Gasteiger partial charge in [0.25, 0.3) is 5.91 Å². The van der Waals surface area contributed by atoms with Gasteiger partial charge in [0.15, 0.2) is 0 Å². The van der Waals surface area contributed by atoms with Crippen LogP contribution in [0.15, 0.2) is 48.5 Å². The molecule has 0 saturated carbocycles. The number of nitrogens with one attached hydrogen (secondary N) is 3. The van der Waals surface area contributed by atoms with E-state index in [0.29, 0.717) is 24.5 Å². The zero-order valence-electron chi connectivity index (χ0n) is 13.1. The molecule has 0 aliphatic heterocycles. The lowest BCUT2D eigenvalue weighted by molar-refractivity contribution is 0.102. The predicted octanol–water partition coefficient (Wildman–Crippen LogP) is 2.85. The lowest BCUT2D eigenvalue weighted by Gasteiger charge is -2.13. The zero-order valence-corrected chi connectivity index (χ0v) is 13.1. The molecule has 0 saturated heterocycles. The van der Waals surface area contributed by atoms with Crippen molar-refractivity contribution < 1.29 is 18.7 Å². The molecule has 0 aliphatic carbocycles. The molecule has 0 aromatic heterocycles. The molecule has 3 N–H and O–H groups in total. The Morgan fingerprint density at radius 1 is 1.00 bits per heavy atom. The Hall–Kier alpha value is -2.93. The number of hydrogen-bond acceptors (Lipinski definition) is 3. The lowest BCUT2D eigenvalue weighted by Crippen LogP contribution is -2.31. The summed E-state index contributed by atoms with van der Waals surface area (Å²) in [6.45, 7) is 0.741. The average molecular weight is 331 g/mol. The maximum absolute atomic E-state index is 13.7. The van der Waals surface area contributed by atoms with Crippen molar-refractivity contribution in [3.8, 4) is 0 Å². The highest BCUT2D eigenvalue weighted by atomic mass is 19.1. The van der Waals surface area contributed by atoms with E-state index in [9.17, 15) is 14.0 Å². The Morgan fingerprint density at radius 3 is 2.29 bits per heavy atom. The van der Waals surface area contributed by atoms with Crippen LogP contribution in [0.3, 0.4) is 0 Å².